The number of aromatic nitrogens is 3. The number of rotatable bonds is 8. The summed E-state index contributed by atoms with van der Waals surface area (Å²) in [5.41, 5.74) is 13.1. The zero-order valence-corrected chi connectivity index (χ0v) is 33.9. The molecule has 0 bridgehead atoms. The molecular formula is C57H36N4O2. The van der Waals surface area contributed by atoms with Gasteiger partial charge in [0.15, 0.2) is 17.5 Å². The number of anilines is 3. The molecule has 0 fully saturated rings. The molecule has 0 amide bonds. The van der Waals surface area contributed by atoms with E-state index in [1.165, 1.54) is 0 Å². The third-order valence-corrected chi connectivity index (χ3v) is 11.7. The van der Waals surface area contributed by atoms with Crippen LogP contribution in [0.3, 0.4) is 0 Å². The molecule has 0 atom stereocenters. The first-order valence-electron chi connectivity index (χ1n) is 21.0. The number of fused-ring (bicyclic) bond motifs is 6. The second-order valence-corrected chi connectivity index (χ2v) is 15.6. The average Bonchev–Trinajstić information content (AvgIpc) is 3.94. The second kappa shape index (κ2) is 15.1. The molecular weight excluding hydrogens is 773 g/mol. The van der Waals surface area contributed by atoms with Crippen molar-refractivity contribution in [1.82, 2.24) is 15.0 Å². The normalized spacial score (nSPS) is 11.5. The van der Waals surface area contributed by atoms with E-state index in [0.29, 0.717) is 17.5 Å². The topological polar surface area (TPSA) is 68.2 Å². The zero-order chi connectivity index (χ0) is 41.7. The molecule has 0 aliphatic carbocycles. The van der Waals surface area contributed by atoms with Crippen LogP contribution in [0.4, 0.5) is 17.1 Å². The number of hydrogen-bond donors (Lipinski definition) is 0. The fourth-order valence-corrected chi connectivity index (χ4v) is 8.74. The lowest BCUT2D eigenvalue weighted by Crippen LogP contribution is -2.11. The third kappa shape index (κ3) is 6.49. The SMILES string of the molecule is c1ccc(-c2ccc(N(c3ccc(-c4ccccc4)cc3)c3cc(-c4nc(-c5ccccc5)nc(-c5cccc6oc7ccccc7c56)n4)cc4oc5ccccc5c34)cc2)cc1. The molecule has 0 saturated carbocycles. The van der Waals surface area contributed by atoms with Crippen LogP contribution >= 0.6 is 0 Å². The number of nitrogens with zero attached hydrogens (tertiary/aromatic N) is 4. The lowest BCUT2D eigenvalue weighted by molar-refractivity contribution is 0.668. The van der Waals surface area contributed by atoms with Gasteiger partial charge in [-0.15, -0.1) is 0 Å². The second-order valence-electron chi connectivity index (χ2n) is 15.6. The Hall–Kier alpha value is -8.61. The Bertz CT molecular complexity index is 3520. The molecule has 12 aromatic rings. The van der Waals surface area contributed by atoms with Crippen LogP contribution < -0.4 is 4.90 Å². The molecule has 6 heteroatoms. The molecule has 9 aromatic carbocycles. The first-order valence-corrected chi connectivity index (χ1v) is 21.0. The monoisotopic (exact) mass is 808 g/mol. The Balaban J connectivity index is 1.11. The highest BCUT2D eigenvalue weighted by molar-refractivity contribution is 6.15. The molecule has 3 aromatic heterocycles. The van der Waals surface area contributed by atoms with Gasteiger partial charge < -0.3 is 13.7 Å². The van der Waals surface area contributed by atoms with Gasteiger partial charge in [-0.2, -0.15) is 0 Å². The van der Waals surface area contributed by atoms with Crippen LogP contribution in [0.1, 0.15) is 0 Å². The maximum atomic E-state index is 6.75. The minimum Gasteiger partial charge on any atom is -0.456 e. The quantitative estimate of drug-likeness (QED) is 0.152. The number of benzene rings is 9. The lowest BCUT2D eigenvalue weighted by atomic mass is 10.0. The molecule has 63 heavy (non-hydrogen) atoms. The molecule has 0 saturated heterocycles. The van der Waals surface area contributed by atoms with E-state index >= 15 is 0 Å². The summed E-state index contributed by atoms with van der Waals surface area (Å²) in [5, 5.41) is 3.97. The molecule has 0 aliphatic rings. The molecule has 0 unspecified atom stereocenters. The van der Waals surface area contributed by atoms with Gasteiger partial charge >= 0.3 is 0 Å². The molecule has 0 aliphatic heterocycles. The van der Waals surface area contributed by atoms with Gasteiger partial charge in [0, 0.05) is 44.2 Å². The molecule has 3 heterocycles. The maximum absolute atomic E-state index is 6.75. The van der Waals surface area contributed by atoms with Gasteiger partial charge in [-0.05, 0) is 76.9 Å². The van der Waals surface area contributed by atoms with Crippen LogP contribution in [0.5, 0.6) is 0 Å². The van der Waals surface area contributed by atoms with Gasteiger partial charge in [-0.1, -0.05) is 164 Å². The van der Waals surface area contributed by atoms with Gasteiger partial charge in [0.25, 0.3) is 0 Å². The minimum absolute atomic E-state index is 0.520. The van der Waals surface area contributed by atoms with Crippen molar-refractivity contribution in [2.45, 2.75) is 0 Å². The van der Waals surface area contributed by atoms with Crippen LogP contribution in [0.2, 0.25) is 0 Å². The molecule has 0 N–H and O–H groups in total. The highest BCUT2D eigenvalue weighted by atomic mass is 16.3. The summed E-state index contributed by atoms with van der Waals surface area (Å²) in [5.74, 6) is 1.63. The highest BCUT2D eigenvalue weighted by Crippen LogP contribution is 2.46. The van der Waals surface area contributed by atoms with Crippen LogP contribution in [0.25, 0.3) is 100 Å². The van der Waals surface area contributed by atoms with Crippen molar-refractivity contribution < 1.29 is 8.83 Å². The predicted octanol–water partition coefficient (Wildman–Crippen LogP) is 15.5. The van der Waals surface area contributed by atoms with Crippen molar-refractivity contribution in [1.29, 1.82) is 0 Å². The summed E-state index contributed by atoms with van der Waals surface area (Å²) in [4.78, 5) is 18.0. The number of furan rings is 2. The standard InChI is InChI=1S/C57H36N4O2/c1-4-15-37(16-5-1)39-27-31-43(32-28-39)61(44-33-29-40(30-34-44)38-17-6-2-7-18-38)48-35-42(36-52-54(48)46-22-11-13-25-50(46)63-52)56-58-55(41-19-8-3-9-20-41)59-57(60-56)47-23-14-26-51-53(47)45-21-10-12-24-49(45)62-51/h1-36H. The summed E-state index contributed by atoms with van der Waals surface area (Å²) in [6.07, 6.45) is 0. The Kier molecular flexibility index (Phi) is 8.71. The van der Waals surface area contributed by atoms with Crippen LogP contribution in [-0.4, -0.2) is 15.0 Å². The molecule has 0 radical (unpaired) electrons. The van der Waals surface area contributed by atoms with Crippen molar-refractivity contribution in [3.8, 4) is 56.4 Å². The first kappa shape index (κ1) is 36.3. The number of hydrogen-bond acceptors (Lipinski definition) is 6. The van der Waals surface area contributed by atoms with E-state index in [1.807, 2.05) is 84.9 Å². The van der Waals surface area contributed by atoms with E-state index in [4.69, 9.17) is 23.8 Å². The van der Waals surface area contributed by atoms with Crippen LogP contribution in [0, 0.1) is 0 Å². The zero-order valence-electron chi connectivity index (χ0n) is 33.9. The van der Waals surface area contributed by atoms with Crippen LogP contribution in [0.15, 0.2) is 227 Å². The highest BCUT2D eigenvalue weighted by Gasteiger charge is 2.24. The van der Waals surface area contributed by atoms with Gasteiger partial charge in [-0.25, -0.2) is 15.0 Å². The van der Waals surface area contributed by atoms with Crippen molar-refractivity contribution >= 4 is 60.9 Å². The van der Waals surface area contributed by atoms with Gasteiger partial charge in [0.05, 0.1) is 11.1 Å². The van der Waals surface area contributed by atoms with E-state index in [2.05, 4.69) is 138 Å². The third-order valence-electron chi connectivity index (χ3n) is 11.7. The number of para-hydroxylation sites is 2. The van der Waals surface area contributed by atoms with E-state index in [0.717, 1.165) is 99.9 Å². The minimum atomic E-state index is 0.520. The fourth-order valence-electron chi connectivity index (χ4n) is 8.74. The molecule has 0 spiro atoms. The molecule has 12 rings (SSSR count). The van der Waals surface area contributed by atoms with Crippen molar-refractivity contribution in [2.24, 2.45) is 0 Å². The summed E-state index contributed by atoms with van der Waals surface area (Å²) >= 11 is 0. The van der Waals surface area contributed by atoms with Crippen molar-refractivity contribution in [2.75, 3.05) is 4.90 Å². The van der Waals surface area contributed by atoms with E-state index in [-0.39, 0.29) is 0 Å². The average molecular weight is 809 g/mol. The Labute approximate surface area is 363 Å². The van der Waals surface area contributed by atoms with Gasteiger partial charge in [0.1, 0.15) is 22.3 Å². The summed E-state index contributed by atoms with van der Waals surface area (Å²) in [6, 6.07) is 75.2. The predicted molar refractivity (Wildman–Crippen MR) is 256 cm³/mol. The fraction of sp³-hybridized carbons (Fsp3) is 0. The largest absolute Gasteiger partial charge is 0.456 e. The summed E-state index contributed by atoms with van der Waals surface area (Å²) < 4.78 is 13.1. The summed E-state index contributed by atoms with van der Waals surface area (Å²) in [6.45, 7) is 0. The van der Waals surface area contributed by atoms with Gasteiger partial charge in [0.2, 0.25) is 0 Å². The molecule has 6 nitrogen and oxygen atoms in total. The van der Waals surface area contributed by atoms with Gasteiger partial charge in [-0.3, -0.25) is 0 Å². The first-order chi connectivity index (χ1) is 31.2. The van der Waals surface area contributed by atoms with Crippen molar-refractivity contribution in [3.05, 3.63) is 218 Å². The van der Waals surface area contributed by atoms with Crippen molar-refractivity contribution in [3.63, 3.8) is 0 Å². The Morgan fingerprint density at radius 3 is 1.33 bits per heavy atom. The van der Waals surface area contributed by atoms with Crippen LogP contribution in [-0.2, 0) is 0 Å². The lowest BCUT2D eigenvalue weighted by Gasteiger charge is -2.27. The Morgan fingerprint density at radius 2 is 0.746 bits per heavy atom. The smallest absolute Gasteiger partial charge is 0.164 e. The Morgan fingerprint density at radius 1 is 0.302 bits per heavy atom. The van der Waals surface area contributed by atoms with E-state index in [1.54, 1.807) is 0 Å². The maximum Gasteiger partial charge on any atom is 0.164 e. The molecule has 296 valence electrons. The summed E-state index contributed by atoms with van der Waals surface area (Å²) in [7, 11) is 0. The van der Waals surface area contributed by atoms with E-state index < -0.39 is 0 Å². The van der Waals surface area contributed by atoms with E-state index in [9.17, 15) is 0 Å².